The summed E-state index contributed by atoms with van der Waals surface area (Å²) in [5.41, 5.74) is 2.53. The summed E-state index contributed by atoms with van der Waals surface area (Å²) < 4.78 is 48.3. The smallest absolute Gasteiger partial charge is 0.294 e. The van der Waals surface area contributed by atoms with E-state index in [1.54, 1.807) is 18.2 Å². The van der Waals surface area contributed by atoms with Gasteiger partial charge in [-0.3, -0.25) is 4.55 Å². The van der Waals surface area contributed by atoms with Gasteiger partial charge in [0.2, 0.25) is 0 Å². The standard InChI is InChI=1S/C22H29FN2O3S/c1-4-25(5-2)13-12-24(20-9-7-19(23)8-10-20)15-18(16-25)21-14-17(3)6-11-22(21)29(26,27)28/h6-11,14,18H,4-5,12-13,15-16H2,1-3H3/p+1. The third-order valence-corrected chi connectivity index (χ3v) is 7.24. The zero-order chi connectivity index (χ0) is 21.2. The molecular formula is C22H30FN2O3S+. The molecule has 1 aliphatic heterocycles. The van der Waals surface area contributed by atoms with E-state index in [0.717, 1.165) is 48.5 Å². The SMILES string of the molecule is CC[N+]1(CC)CCN(c2ccc(F)cc2)CC(c2cc(C)ccc2S(=O)(=O)O)C1. The third kappa shape index (κ3) is 4.79. The molecule has 1 fully saturated rings. The number of halogens is 1. The normalized spacial score (nSPS) is 19.8. The monoisotopic (exact) mass is 421 g/mol. The molecule has 0 bridgehead atoms. The zero-order valence-corrected chi connectivity index (χ0v) is 18.1. The van der Waals surface area contributed by atoms with Crippen molar-refractivity contribution in [3.05, 3.63) is 59.4 Å². The van der Waals surface area contributed by atoms with Crippen LogP contribution >= 0.6 is 0 Å². The predicted octanol–water partition coefficient (Wildman–Crippen LogP) is 3.84. The molecule has 29 heavy (non-hydrogen) atoms. The molecule has 1 aliphatic rings. The van der Waals surface area contributed by atoms with Crippen LogP contribution in [0.15, 0.2) is 47.4 Å². The molecular weight excluding hydrogens is 391 g/mol. The fourth-order valence-corrected chi connectivity index (χ4v) is 5.17. The van der Waals surface area contributed by atoms with E-state index in [0.29, 0.717) is 12.1 Å². The van der Waals surface area contributed by atoms with Crippen LogP contribution in [0.5, 0.6) is 0 Å². The molecule has 0 saturated carbocycles. The molecule has 5 nitrogen and oxygen atoms in total. The molecule has 7 heteroatoms. The molecule has 0 aliphatic carbocycles. The largest absolute Gasteiger partial charge is 0.365 e. The summed E-state index contributed by atoms with van der Waals surface area (Å²) in [5, 5.41) is 0. The Morgan fingerprint density at radius 1 is 1.14 bits per heavy atom. The number of aryl methyl sites for hydroxylation is 1. The van der Waals surface area contributed by atoms with Gasteiger partial charge in [0, 0.05) is 12.2 Å². The molecule has 1 N–H and O–H groups in total. The van der Waals surface area contributed by atoms with Crippen molar-refractivity contribution in [3.8, 4) is 0 Å². The maximum Gasteiger partial charge on any atom is 0.294 e. The molecule has 1 atom stereocenters. The average Bonchev–Trinajstić information content (AvgIpc) is 2.88. The van der Waals surface area contributed by atoms with Gasteiger partial charge in [-0.2, -0.15) is 8.42 Å². The predicted molar refractivity (Wildman–Crippen MR) is 113 cm³/mol. The molecule has 0 radical (unpaired) electrons. The second-order valence-corrected chi connectivity index (χ2v) is 9.41. The van der Waals surface area contributed by atoms with E-state index in [-0.39, 0.29) is 16.6 Å². The van der Waals surface area contributed by atoms with Gasteiger partial charge < -0.3 is 9.38 Å². The van der Waals surface area contributed by atoms with E-state index in [1.165, 1.54) is 18.2 Å². The summed E-state index contributed by atoms with van der Waals surface area (Å²) in [6, 6.07) is 11.5. The molecule has 2 aromatic rings. The van der Waals surface area contributed by atoms with E-state index in [9.17, 15) is 17.4 Å². The van der Waals surface area contributed by atoms with Gasteiger partial charge in [0.05, 0.1) is 43.5 Å². The molecule has 0 amide bonds. The lowest BCUT2D eigenvalue weighted by Crippen LogP contribution is -2.51. The Hall–Kier alpha value is -1.96. The van der Waals surface area contributed by atoms with Crippen LogP contribution in [-0.4, -0.2) is 56.7 Å². The van der Waals surface area contributed by atoms with Gasteiger partial charge in [0.1, 0.15) is 5.82 Å². The third-order valence-electron chi connectivity index (χ3n) is 6.31. The van der Waals surface area contributed by atoms with Crippen LogP contribution in [0.4, 0.5) is 10.1 Å². The number of quaternary nitrogens is 1. The average molecular weight is 422 g/mol. The van der Waals surface area contributed by atoms with Crippen molar-refractivity contribution in [2.24, 2.45) is 0 Å². The van der Waals surface area contributed by atoms with Crippen molar-refractivity contribution in [1.82, 2.24) is 0 Å². The molecule has 2 aromatic carbocycles. The number of hydrogen-bond donors (Lipinski definition) is 1. The molecule has 0 aromatic heterocycles. The van der Waals surface area contributed by atoms with Gasteiger partial charge in [-0.25, -0.2) is 4.39 Å². The molecule has 1 heterocycles. The highest BCUT2D eigenvalue weighted by molar-refractivity contribution is 7.85. The zero-order valence-electron chi connectivity index (χ0n) is 17.3. The highest BCUT2D eigenvalue weighted by Crippen LogP contribution is 2.32. The summed E-state index contributed by atoms with van der Waals surface area (Å²) in [4.78, 5) is 2.19. The Morgan fingerprint density at radius 3 is 2.38 bits per heavy atom. The van der Waals surface area contributed by atoms with Crippen LogP contribution < -0.4 is 4.90 Å². The Balaban J connectivity index is 2.09. The minimum absolute atomic E-state index is 0.0145. The highest BCUT2D eigenvalue weighted by Gasteiger charge is 2.36. The van der Waals surface area contributed by atoms with Crippen LogP contribution in [0.3, 0.4) is 0 Å². The summed E-state index contributed by atoms with van der Waals surface area (Å²) in [5.74, 6) is -0.362. The number of anilines is 1. The minimum atomic E-state index is -4.32. The Labute approximate surface area is 173 Å². The Bertz CT molecular complexity index is 957. The number of hydrogen-bond acceptors (Lipinski definition) is 3. The fourth-order valence-electron chi connectivity index (χ4n) is 4.41. The summed E-state index contributed by atoms with van der Waals surface area (Å²) in [6.45, 7) is 11.3. The lowest BCUT2D eigenvalue weighted by atomic mass is 9.95. The topological polar surface area (TPSA) is 57.6 Å². The number of rotatable bonds is 5. The first-order valence-corrected chi connectivity index (χ1v) is 11.5. The van der Waals surface area contributed by atoms with Crippen LogP contribution in [0.2, 0.25) is 0 Å². The summed E-state index contributed by atoms with van der Waals surface area (Å²) in [7, 11) is -4.32. The van der Waals surface area contributed by atoms with E-state index in [2.05, 4.69) is 18.7 Å². The van der Waals surface area contributed by atoms with Crippen molar-refractivity contribution in [2.45, 2.75) is 31.6 Å². The van der Waals surface area contributed by atoms with E-state index in [1.807, 2.05) is 13.0 Å². The molecule has 3 rings (SSSR count). The number of likely N-dealkylation sites (N-methyl/N-ethyl adjacent to an activating group) is 1. The Morgan fingerprint density at radius 2 is 1.79 bits per heavy atom. The van der Waals surface area contributed by atoms with E-state index >= 15 is 0 Å². The van der Waals surface area contributed by atoms with Crippen molar-refractivity contribution in [2.75, 3.05) is 44.2 Å². The van der Waals surface area contributed by atoms with Crippen LogP contribution in [0.1, 0.15) is 30.9 Å². The van der Waals surface area contributed by atoms with E-state index < -0.39 is 10.1 Å². The number of nitrogens with zero attached hydrogens (tertiary/aromatic N) is 2. The first-order chi connectivity index (χ1) is 13.7. The van der Waals surface area contributed by atoms with Gasteiger partial charge in [-0.05, 0) is 56.7 Å². The van der Waals surface area contributed by atoms with Gasteiger partial charge in [-0.15, -0.1) is 0 Å². The molecule has 1 saturated heterocycles. The van der Waals surface area contributed by atoms with Crippen LogP contribution in [0.25, 0.3) is 0 Å². The summed E-state index contributed by atoms with van der Waals surface area (Å²) >= 11 is 0. The van der Waals surface area contributed by atoms with Gasteiger partial charge in [0.25, 0.3) is 10.1 Å². The molecule has 158 valence electrons. The van der Waals surface area contributed by atoms with Gasteiger partial charge in [-0.1, -0.05) is 17.7 Å². The lowest BCUT2D eigenvalue weighted by Gasteiger charge is -2.37. The maximum atomic E-state index is 13.4. The van der Waals surface area contributed by atoms with Gasteiger partial charge >= 0.3 is 0 Å². The fraction of sp³-hybridized carbons (Fsp3) is 0.455. The lowest BCUT2D eigenvalue weighted by molar-refractivity contribution is -0.923. The van der Waals surface area contributed by atoms with Gasteiger partial charge in [0.15, 0.2) is 0 Å². The van der Waals surface area contributed by atoms with Crippen molar-refractivity contribution < 1.29 is 21.8 Å². The Kier molecular flexibility index (Phi) is 6.31. The van der Waals surface area contributed by atoms with Crippen LogP contribution in [0, 0.1) is 12.7 Å². The van der Waals surface area contributed by atoms with Crippen molar-refractivity contribution in [3.63, 3.8) is 0 Å². The second kappa shape index (κ2) is 8.42. The first kappa shape index (κ1) is 21.7. The molecule has 1 unspecified atom stereocenters. The first-order valence-electron chi connectivity index (χ1n) is 10.1. The summed E-state index contributed by atoms with van der Waals surface area (Å²) in [6.07, 6.45) is 0. The molecule has 0 spiro atoms. The second-order valence-electron chi connectivity index (χ2n) is 8.02. The van der Waals surface area contributed by atoms with Crippen LogP contribution in [-0.2, 0) is 10.1 Å². The maximum absolute atomic E-state index is 13.4. The minimum Gasteiger partial charge on any atom is -0.365 e. The van der Waals surface area contributed by atoms with Crippen molar-refractivity contribution in [1.29, 1.82) is 0 Å². The van der Waals surface area contributed by atoms with Crippen molar-refractivity contribution >= 4 is 15.8 Å². The highest BCUT2D eigenvalue weighted by atomic mass is 32.2. The number of benzene rings is 2. The van der Waals surface area contributed by atoms with E-state index in [4.69, 9.17) is 0 Å². The quantitative estimate of drug-likeness (QED) is 0.589.